The lowest BCUT2D eigenvalue weighted by atomic mass is 10.1. The SMILES string of the molecule is CNC(=O)c1ccc(C)nc1Nc1ccc(C(=O)N2CCOCC2)cc1. The van der Waals surface area contributed by atoms with Crippen LogP contribution in [0.1, 0.15) is 26.4 Å². The van der Waals surface area contributed by atoms with Crippen molar-refractivity contribution in [1.29, 1.82) is 0 Å². The fraction of sp³-hybridized carbons (Fsp3) is 0.316. The van der Waals surface area contributed by atoms with E-state index in [2.05, 4.69) is 15.6 Å². The van der Waals surface area contributed by atoms with Gasteiger partial charge in [0.1, 0.15) is 5.82 Å². The number of anilines is 2. The first-order valence-corrected chi connectivity index (χ1v) is 8.52. The molecule has 2 aromatic rings. The Kier molecular flexibility index (Phi) is 5.48. The van der Waals surface area contributed by atoms with Gasteiger partial charge in [0.2, 0.25) is 0 Å². The lowest BCUT2D eigenvalue weighted by Gasteiger charge is -2.26. The number of rotatable bonds is 4. The van der Waals surface area contributed by atoms with E-state index in [0.29, 0.717) is 43.2 Å². The van der Waals surface area contributed by atoms with Crippen LogP contribution >= 0.6 is 0 Å². The largest absolute Gasteiger partial charge is 0.378 e. The molecule has 0 bridgehead atoms. The van der Waals surface area contributed by atoms with E-state index in [9.17, 15) is 9.59 Å². The Morgan fingerprint density at radius 1 is 1.08 bits per heavy atom. The number of nitrogens with one attached hydrogen (secondary N) is 2. The van der Waals surface area contributed by atoms with Gasteiger partial charge in [-0.3, -0.25) is 9.59 Å². The summed E-state index contributed by atoms with van der Waals surface area (Å²) in [6, 6.07) is 10.7. The smallest absolute Gasteiger partial charge is 0.254 e. The van der Waals surface area contributed by atoms with E-state index in [-0.39, 0.29) is 11.8 Å². The van der Waals surface area contributed by atoms with Crippen LogP contribution in [0.3, 0.4) is 0 Å². The number of hydrogen-bond acceptors (Lipinski definition) is 5. The third kappa shape index (κ3) is 4.00. The Morgan fingerprint density at radius 3 is 2.42 bits per heavy atom. The van der Waals surface area contributed by atoms with Crippen molar-refractivity contribution in [2.24, 2.45) is 0 Å². The molecule has 7 nitrogen and oxygen atoms in total. The predicted octanol–water partition coefficient (Wildman–Crippen LogP) is 1.97. The maximum atomic E-state index is 12.5. The van der Waals surface area contributed by atoms with Gasteiger partial charge in [-0.1, -0.05) is 0 Å². The Labute approximate surface area is 152 Å². The molecule has 0 saturated carbocycles. The molecule has 1 aliphatic rings. The standard InChI is InChI=1S/C19H22N4O3/c1-13-3-8-16(18(24)20-2)17(21-13)22-15-6-4-14(5-7-15)19(25)23-9-11-26-12-10-23/h3-8H,9-12H2,1-2H3,(H,20,24)(H,21,22). The summed E-state index contributed by atoms with van der Waals surface area (Å²) in [7, 11) is 1.58. The van der Waals surface area contributed by atoms with Crippen LogP contribution in [0, 0.1) is 6.92 Å². The van der Waals surface area contributed by atoms with Crippen molar-refractivity contribution < 1.29 is 14.3 Å². The summed E-state index contributed by atoms with van der Waals surface area (Å²) >= 11 is 0. The van der Waals surface area contributed by atoms with Crippen LogP contribution in [0.25, 0.3) is 0 Å². The molecule has 0 radical (unpaired) electrons. The summed E-state index contributed by atoms with van der Waals surface area (Å²) in [5, 5.41) is 5.77. The molecule has 0 unspecified atom stereocenters. The second kappa shape index (κ2) is 7.97. The van der Waals surface area contributed by atoms with Crippen LogP contribution in [-0.2, 0) is 4.74 Å². The minimum absolute atomic E-state index is 0.000389. The summed E-state index contributed by atoms with van der Waals surface area (Å²) in [6.07, 6.45) is 0. The fourth-order valence-corrected chi connectivity index (χ4v) is 2.75. The van der Waals surface area contributed by atoms with Crippen molar-refractivity contribution in [3.05, 3.63) is 53.2 Å². The van der Waals surface area contributed by atoms with Crippen molar-refractivity contribution in [2.75, 3.05) is 38.7 Å². The Morgan fingerprint density at radius 2 is 1.77 bits per heavy atom. The first-order chi connectivity index (χ1) is 12.6. The summed E-state index contributed by atoms with van der Waals surface area (Å²) in [5.41, 5.74) is 2.65. The first-order valence-electron chi connectivity index (χ1n) is 8.52. The fourth-order valence-electron chi connectivity index (χ4n) is 2.75. The van der Waals surface area contributed by atoms with Crippen LogP contribution in [-0.4, -0.2) is 55.0 Å². The van der Waals surface area contributed by atoms with Crippen molar-refractivity contribution in [3.63, 3.8) is 0 Å². The van der Waals surface area contributed by atoms with Crippen LogP contribution in [0.4, 0.5) is 11.5 Å². The molecule has 1 aliphatic heterocycles. The minimum Gasteiger partial charge on any atom is -0.378 e. The number of amides is 2. The summed E-state index contributed by atoms with van der Waals surface area (Å²) < 4.78 is 5.28. The van der Waals surface area contributed by atoms with Gasteiger partial charge in [-0.15, -0.1) is 0 Å². The first kappa shape index (κ1) is 17.9. The zero-order chi connectivity index (χ0) is 18.5. The number of aromatic nitrogens is 1. The number of hydrogen-bond donors (Lipinski definition) is 2. The quantitative estimate of drug-likeness (QED) is 0.877. The lowest BCUT2D eigenvalue weighted by molar-refractivity contribution is 0.0303. The molecule has 2 amide bonds. The van der Waals surface area contributed by atoms with Gasteiger partial charge in [0.25, 0.3) is 11.8 Å². The molecule has 2 heterocycles. The number of morpholine rings is 1. The Balaban J connectivity index is 1.76. The Bertz CT molecular complexity index is 799. The van der Waals surface area contributed by atoms with Gasteiger partial charge < -0.3 is 20.3 Å². The van der Waals surface area contributed by atoms with E-state index in [1.165, 1.54) is 0 Å². The van der Waals surface area contributed by atoms with Gasteiger partial charge in [0.05, 0.1) is 18.8 Å². The number of nitrogens with zero attached hydrogens (tertiary/aromatic N) is 2. The molecule has 0 spiro atoms. The van der Waals surface area contributed by atoms with Gasteiger partial charge in [-0.2, -0.15) is 0 Å². The maximum Gasteiger partial charge on any atom is 0.254 e. The number of carbonyl (C=O) groups is 2. The van der Waals surface area contributed by atoms with E-state index < -0.39 is 0 Å². The zero-order valence-corrected chi connectivity index (χ0v) is 14.9. The maximum absolute atomic E-state index is 12.5. The van der Waals surface area contributed by atoms with E-state index in [0.717, 1.165) is 11.4 Å². The highest BCUT2D eigenvalue weighted by molar-refractivity contribution is 5.99. The van der Waals surface area contributed by atoms with Crippen LogP contribution < -0.4 is 10.6 Å². The third-order valence-electron chi connectivity index (χ3n) is 4.20. The zero-order valence-electron chi connectivity index (χ0n) is 14.9. The molecule has 1 fully saturated rings. The molecule has 7 heteroatoms. The van der Waals surface area contributed by atoms with Crippen LogP contribution in [0.5, 0.6) is 0 Å². The molecule has 0 aliphatic carbocycles. The number of carbonyl (C=O) groups excluding carboxylic acids is 2. The van der Waals surface area contributed by atoms with Gasteiger partial charge in [-0.05, 0) is 43.3 Å². The molecule has 1 saturated heterocycles. The molecule has 1 aromatic heterocycles. The van der Waals surface area contributed by atoms with E-state index >= 15 is 0 Å². The van der Waals surface area contributed by atoms with E-state index in [4.69, 9.17) is 4.74 Å². The molecular weight excluding hydrogens is 332 g/mol. The molecule has 26 heavy (non-hydrogen) atoms. The van der Waals surface area contributed by atoms with Gasteiger partial charge in [0.15, 0.2) is 0 Å². The number of pyridine rings is 1. The number of aryl methyl sites for hydroxylation is 1. The molecular formula is C19H22N4O3. The Hall–Kier alpha value is -2.93. The van der Waals surface area contributed by atoms with Crippen molar-refractivity contribution >= 4 is 23.3 Å². The topological polar surface area (TPSA) is 83.6 Å². The van der Waals surface area contributed by atoms with Gasteiger partial charge >= 0.3 is 0 Å². The van der Waals surface area contributed by atoms with Crippen molar-refractivity contribution in [1.82, 2.24) is 15.2 Å². The summed E-state index contributed by atoms with van der Waals surface area (Å²) in [4.78, 5) is 30.7. The summed E-state index contributed by atoms with van der Waals surface area (Å²) in [5.74, 6) is 0.273. The number of ether oxygens (including phenoxy) is 1. The highest BCUT2D eigenvalue weighted by Gasteiger charge is 2.18. The second-order valence-corrected chi connectivity index (χ2v) is 6.03. The van der Waals surface area contributed by atoms with Crippen molar-refractivity contribution in [3.8, 4) is 0 Å². The average Bonchev–Trinajstić information content (AvgIpc) is 2.68. The predicted molar refractivity (Wildman–Crippen MR) is 98.8 cm³/mol. The lowest BCUT2D eigenvalue weighted by Crippen LogP contribution is -2.40. The monoisotopic (exact) mass is 354 g/mol. The average molecular weight is 354 g/mol. The molecule has 0 atom stereocenters. The van der Waals surface area contributed by atoms with E-state index in [1.54, 1.807) is 36.2 Å². The molecule has 2 N–H and O–H groups in total. The van der Waals surface area contributed by atoms with Crippen LogP contribution in [0.15, 0.2) is 36.4 Å². The second-order valence-electron chi connectivity index (χ2n) is 6.03. The van der Waals surface area contributed by atoms with Crippen LogP contribution in [0.2, 0.25) is 0 Å². The highest BCUT2D eigenvalue weighted by Crippen LogP contribution is 2.20. The molecule has 1 aromatic carbocycles. The van der Waals surface area contributed by atoms with Gasteiger partial charge in [0, 0.05) is 37.1 Å². The van der Waals surface area contributed by atoms with E-state index in [1.807, 2.05) is 19.1 Å². The minimum atomic E-state index is -0.209. The normalized spacial score (nSPS) is 14.0. The molecule has 136 valence electrons. The van der Waals surface area contributed by atoms with Crippen molar-refractivity contribution in [2.45, 2.75) is 6.92 Å². The van der Waals surface area contributed by atoms with Gasteiger partial charge in [-0.25, -0.2) is 4.98 Å². The third-order valence-corrected chi connectivity index (χ3v) is 4.20. The molecule has 3 rings (SSSR count). The highest BCUT2D eigenvalue weighted by atomic mass is 16.5. The summed E-state index contributed by atoms with van der Waals surface area (Å²) in [6.45, 7) is 4.24. The number of benzene rings is 1.